The van der Waals surface area contributed by atoms with Gasteiger partial charge in [0, 0.05) is 31.1 Å². The molecule has 0 spiro atoms. The standard InChI is InChI=1S/C24H28ClN9O3S/c1-38(35,36)34-7-5-17(6-8-34)37-24-19-14(3-2-4-18(19)25)9-16(33-24)12-30-23-20(22(29)31-13-32-23)21(28)15(10-26)11-27/h2-4,9-11,13,17,26,28H,5-8,12,27H2,1H3,(H3,29,30,31,32)/b15-11+,26-10?,28-21?. The van der Waals surface area contributed by atoms with Crippen LogP contribution in [0.4, 0.5) is 11.6 Å². The lowest BCUT2D eigenvalue weighted by atomic mass is 10.0. The lowest BCUT2D eigenvalue weighted by Gasteiger charge is -2.30. The lowest BCUT2D eigenvalue weighted by Crippen LogP contribution is -2.41. The summed E-state index contributed by atoms with van der Waals surface area (Å²) in [5.74, 6) is 0.707. The van der Waals surface area contributed by atoms with E-state index in [0.717, 1.165) is 17.8 Å². The number of piperidine rings is 1. The molecule has 0 unspecified atom stereocenters. The van der Waals surface area contributed by atoms with Crippen LogP contribution in [0, 0.1) is 10.8 Å². The average Bonchev–Trinajstić information content (AvgIpc) is 2.88. The molecule has 14 heteroatoms. The molecule has 12 nitrogen and oxygen atoms in total. The van der Waals surface area contributed by atoms with Crippen LogP contribution in [-0.4, -0.2) is 65.1 Å². The highest BCUT2D eigenvalue weighted by atomic mass is 35.5. The number of fused-ring (bicyclic) bond motifs is 1. The maximum atomic E-state index is 11.9. The monoisotopic (exact) mass is 557 g/mol. The van der Waals surface area contributed by atoms with Gasteiger partial charge in [0.1, 0.15) is 24.1 Å². The molecular formula is C24H28ClN9O3S. The molecule has 3 aromatic rings. The number of hydrogen-bond donors (Lipinski definition) is 5. The van der Waals surface area contributed by atoms with Gasteiger partial charge in [-0.15, -0.1) is 0 Å². The third-order valence-corrected chi connectivity index (χ3v) is 7.78. The van der Waals surface area contributed by atoms with E-state index in [9.17, 15) is 8.42 Å². The lowest BCUT2D eigenvalue weighted by molar-refractivity contribution is 0.132. The van der Waals surface area contributed by atoms with Crippen LogP contribution >= 0.6 is 11.6 Å². The van der Waals surface area contributed by atoms with Gasteiger partial charge in [0.2, 0.25) is 15.9 Å². The number of benzene rings is 1. The Hall–Kier alpha value is -3.81. The minimum atomic E-state index is -3.25. The number of nitrogens with two attached hydrogens (primary N) is 2. The molecule has 0 amide bonds. The number of hydrogen-bond acceptors (Lipinski definition) is 11. The van der Waals surface area contributed by atoms with Gasteiger partial charge in [-0.1, -0.05) is 23.7 Å². The zero-order chi connectivity index (χ0) is 27.4. The van der Waals surface area contributed by atoms with E-state index in [0.29, 0.717) is 47.9 Å². The first kappa shape index (κ1) is 27.2. The van der Waals surface area contributed by atoms with E-state index < -0.39 is 10.0 Å². The first-order valence-electron chi connectivity index (χ1n) is 11.7. The molecule has 0 bridgehead atoms. The fourth-order valence-electron chi connectivity index (χ4n) is 4.20. The number of nitrogens with zero attached hydrogens (tertiary/aromatic N) is 4. The molecule has 38 heavy (non-hydrogen) atoms. The summed E-state index contributed by atoms with van der Waals surface area (Å²) in [4.78, 5) is 12.9. The highest BCUT2D eigenvalue weighted by Gasteiger charge is 2.27. The van der Waals surface area contributed by atoms with Gasteiger partial charge in [-0.2, -0.15) is 0 Å². The smallest absolute Gasteiger partial charge is 0.223 e. The molecule has 1 fully saturated rings. The number of pyridine rings is 1. The molecule has 1 saturated heterocycles. The molecule has 200 valence electrons. The van der Waals surface area contributed by atoms with Crippen molar-refractivity contribution in [3.05, 3.63) is 58.6 Å². The Morgan fingerprint density at radius 3 is 2.71 bits per heavy atom. The quantitative estimate of drug-likeness (QED) is 0.245. The van der Waals surface area contributed by atoms with Gasteiger partial charge in [0.15, 0.2) is 0 Å². The van der Waals surface area contributed by atoms with E-state index in [1.807, 2.05) is 18.2 Å². The fourth-order valence-corrected chi connectivity index (χ4v) is 5.34. The zero-order valence-electron chi connectivity index (χ0n) is 20.6. The Morgan fingerprint density at radius 1 is 1.32 bits per heavy atom. The molecule has 1 aliphatic rings. The third-order valence-electron chi connectivity index (χ3n) is 6.16. The Balaban J connectivity index is 1.61. The SMILES string of the molecule is CS(=O)(=O)N1CCC(Oc2nc(CNc3ncnc(N)c3C(=N)/C(C=N)=C/N)cc3cccc(Cl)c23)CC1. The number of aromatic nitrogens is 3. The van der Waals surface area contributed by atoms with Crippen LogP contribution in [0.25, 0.3) is 10.8 Å². The molecular weight excluding hydrogens is 530 g/mol. The second-order valence-electron chi connectivity index (χ2n) is 8.71. The summed E-state index contributed by atoms with van der Waals surface area (Å²) < 4.78 is 31.4. The number of halogens is 1. The third kappa shape index (κ3) is 5.85. The number of allylic oxidation sites excluding steroid dienone is 1. The maximum absolute atomic E-state index is 11.9. The number of sulfonamides is 1. The van der Waals surface area contributed by atoms with E-state index in [2.05, 4.69) is 15.3 Å². The van der Waals surface area contributed by atoms with Gasteiger partial charge in [0.05, 0.1) is 40.2 Å². The topological polar surface area (TPSA) is 197 Å². The fraction of sp³-hybridized carbons (Fsp3) is 0.292. The van der Waals surface area contributed by atoms with E-state index in [4.69, 9.17) is 43.6 Å². The van der Waals surface area contributed by atoms with Gasteiger partial charge < -0.3 is 26.9 Å². The molecule has 1 aliphatic heterocycles. The van der Waals surface area contributed by atoms with Crippen molar-refractivity contribution in [3.63, 3.8) is 0 Å². The normalized spacial score (nSPS) is 15.4. The summed E-state index contributed by atoms with van der Waals surface area (Å²) in [7, 11) is -3.25. The van der Waals surface area contributed by atoms with Crippen molar-refractivity contribution in [1.82, 2.24) is 19.3 Å². The van der Waals surface area contributed by atoms with Crippen molar-refractivity contribution in [2.24, 2.45) is 5.73 Å². The Kier molecular flexibility index (Phi) is 8.09. The minimum Gasteiger partial charge on any atom is -0.474 e. The van der Waals surface area contributed by atoms with Crippen LogP contribution in [0.5, 0.6) is 5.88 Å². The van der Waals surface area contributed by atoms with Crippen molar-refractivity contribution in [3.8, 4) is 5.88 Å². The first-order chi connectivity index (χ1) is 18.1. The van der Waals surface area contributed by atoms with Crippen molar-refractivity contribution < 1.29 is 13.2 Å². The highest BCUT2D eigenvalue weighted by Crippen LogP contribution is 2.33. The summed E-state index contributed by atoms with van der Waals surface area (Å²) in [6.07, 6.45) is 5.41. The number of nitrogens with one attached hydrogen (secondary N) is 3. The van der Waals surface area contributed by atoms with Crippen molar-refractivity contribution in [2.75, 3.05) is 30.4 Å². The molecule has 0 saturated carbocycles. The largest absolute Gasteiger partial charge is 0.474 e. The van der Waals surface area contributed by atoms with Crippen LogP contribution < -0.4 is 21.5 Å². The molecule has 4 rings (SSSR count). The van der Waals surface area contributed by atoms with Gasteiger partial charge in [-0.25, -0.2) is 27.7 Å². The number of rotatable bonds is 9. The van der Waals surface area contributed by atoms with Crippen LogP contribution in [0.1, 0.15) is 24.1 Å². The Morgan fingerprint density at radius 2 is 2.05 bits per heavy atom. The maximum Gasteiger partial charge on any atom is 0.223 e. The van der Waals surface area contributed by atoms with Crippen LogP contribution in [0.15, 0.2) is 42.4 Å². The van der Waals surface area contributed by atoms with E-state index in [1.165, 1.54) is 16.9 Å². The molecule has 0 atom stereocenters. The van der Waals surface area contributed by atoms with Gasteiger partial charge in [0.25, 0.3) is 0 Å². The van der Waals surface area contributed by atoms with Crippen LogP contribution in [-0.2, 0) is 16.6 Å². The minimum absolute atomic E-state index is 0.0661. The summed E-state index contributed by atoms with van der Waals surface area (Å²) in [5, 5.41) is 21.0. The second-order valence-corrected chi connectivity index (χ2v) is 11.1. The van der Waals surface area contributed by atoms with Gasteiger partial charge in [-0.3, -0.25) is 5.41 Å². The second kappa shape index (κ2) is 11.3. The predicted octanol–water partition coefficient (Wildman–Crippen LogP) is 2.54. The molecule has 2 aromatic heterocycles. The molecule has 7 N–H and O–H groups in total. The Labute approximate surface area is 225 Å². The summed E-state index contributed by atoms with van der Waals surface area (Å²) in [6, 6.07) is 7.36. The first-order valence-corrected chi connectivity index (χ1v) is 13.9. The molecule has 1 aromatic carbocycles. The number of anilines is 2. The predicted molar refractivity (Wildman–Crippen MR) is 148 cm³/mol. The number of ether oxygens (including phenoxy) is 1. The van der Waals surface area contributed by atoms with Crippen molar-refractivity contribution in [2.45, 2.75) is 25.5 Å². The zero-order valence-corrected chi connectivity index (χ0v) is 22.2. The average molecular weight is 558 g/mol. The van der Waals surface area contributed by atoms with E-state index in [1.54, 1.807) is 6.07 Å². The van der Waals surface area contributed by atoms with Crippen molar-refractivity contribution >= 4 is 56.0 Å². The number of nitrogen functional groups attached to an aromatic ring is 1. The summed E-state index contributed by atoms with van der Waals surface area (Å²) in [6.45, 7) is 0.943. The van der Waals surface area contributed by atoms with Crippen molar-refractivity contribution in [1.29, 1.82) is 10.8 Å². The van der Waals surface area contributed by atoms with E-state index >= 15 is 0 Å². The molecule has 0 radical (unpaired) electrons. The Bertz CT molecular complexity index is 1520. The molecule has 0 aliphatic carbocycles. The van der Waals surface area contributed by atoms with Crippen LogP contribution in [0.2, 0.25) is 5.02 Å². The van der Waals surface area contributed by atoms with Crippen LogP contribution in [0.3, 0.4) is 0 Å². The van der Waals surface area contributed by atoms with Gasteiger partial charge >= 0.3 is 0 Å². The summed E-state index contributed by atoms with van der Waals surface area (Å²) >= 11 is 6.51. The highest BCUT2D eigenvalue weighted by molar-refractivity contribution is 7.88. The van der Waals surface area contributed by atoms with E-state index in [-0.39, 0.29) is 41.1 Å². The molecule has 3 heterocycles. The van der Waals surface area contributed by atoms with Gasteiger partial charge in [-0.05, 0) is 30.4 Å². The summed E-state index contributed by atoms with van der Waals surface area (Å²) in [5.41, 5.74) is 12.5.